The Morgan fingerprint density at radius 3 is 2.77 bits per heavy atom. The maximum absolute atomic E-state index is 5.97. The van der Waals surface area contributed by atoms with Gasteiger partial charge in [-0.1, -0.05) is 23.2 Å². The van der Waals surface area contributed by atoms with E-state index in [1.165, 1.54) is 0 Å². The van der Waals surface area contributed by atoms with Gasteiger partial charge in [-0.25, -0.2) is 4.98 Å². The van der Waals surface area contributed by atoms with Gasteiger partial charge in [0.15, 0.2) is 6.33 Å². The van der Waals surface area contributed by atoms with Crippen LogP contribution >= 0.6 is 23.2 Å². The average Bonchev–Trinajstić information content (AvgIpc) is 2.56. The maximum Gasteiger partial charge on any atom is 0.174 e. The van der Waals surface area contributed by atoms with Crippen LogP contribution in [0.3, 0.4) is 0 Å². The van der Waals surface area contributed by atoms with Crippen LogP contribution in [0.2, 0.25) is 10.0 Å². The summed E-state index contributed by atoms with van der Waals surface area (Å²) in [5.74, 6) is 0. The molecule has 0 atom stereocenters. The Balaban J connectivity index is 2.53. The first-order valence-electron chi connectivity index (χ1n) is 3.64. The molecule has 1 aromatic heterocycles. The van der Waals surface area contributed by atoms with E-state index < -0.39 is 0 Å². The summed E-state index contributed by atoms with van der Waals surface area (Å²) in [4.78, 5) is 6.71. The molecule has 0 saturated carbocycles. The molecule has 0 spiro atoms. The Morgan fingerprint density at radius 2 is 2.15 bits per heavy atom. The van der Waals surface area contributed by atoms with E-state index in [2.05, 4.69) is 16.3 Å². The van der Waals surface area contributed by atoms with Gasteiger partial charge in [-0.05, 0) is 18.2 Å². The number of aromatic nitrogens is 2. The van der Waals surface area contributed by atoms with E-state index in [4.69, 9.17) is 23.2 Å². The summed E-state index contributed by atoms with van der Waals surface area (Å²) in [6.45, 7) is 0. The summed E-state index contributed by atoms with van der Waals surface area (Å²) in [6, 6.07) is 5.29. The van der Waals surface area contributed by atoms with Crippen LogP contribution < -0.4 is 0 Å². The van der Waals surface area contributed by atoms with Crippen molar-refractivity contribution in [1.29, 1.82) is 0 Å². The third-order valence-electron chi connectivity index (χ3n) is 1.66. The largest absolute Gasteiger partial charge is 0.341 e. The molecule has 13 heavy (non-hydrogen) atoms. The summed E-state index contributed by atoms with van der Waals surface area (Å²) < 4.78 is 0. The minimum atomic E-state index is 0.591. The van der Waals surface area contributed by atoms with Gasteiger partial charge in [0, 0.05) is 16.8 Å². The van der Waals surface area contributed by atoms with Gasteiger partial charge < -0.3 is 4.98 Å². The quantitative estimate of drug-likeness (QED) is 0.772. The molecule has 0 fully saturated rings. The van der Waals surface area contributed by atoms with Gasteiger partial charge in [0.05, 0.1) is 10.7 Å². The summed E-state index contributed by atoms with van der Waals surface area (Å²) in [5, 5.41) is 1.21. The molecule has 65 valence electrons. The highest BCUT2D eigenvalue weighted by molar-refractivity contribution is 6.36. The van der Waals surface area contributed by atoms with Gasteiger partial charge in [0.1, 0.15) is 0 Å². The fourth-order valence-electron chi connectivity index (χ4n) is 1.06. The predicted octanol–water partition coefficient (Wildman–Crippen LogP) is 3.18. The smallest absolute Gasteiger partial charge is 0.174 e. The summed E-state index contributed by atoms with van der Waals surface area (Å²) in [5.41, 5.74) is 1.62. The number of imidazole rings is 1. The fraction of sp³-hybridized carbons (Fsp3) is 0. The molecular formula is C9H5Cl2N2. The van der Waals surface area contributed by atoms with Crippen molar-refractivity contribution >= 4 is 23.2 Å². The van der Waals surface area contributed by atoms with Gasteiger partial charge in [-0.3, -0.25) is 0 Å². The SMILES string of the molecule is Clc1ccc(-c2c[nH][c]n2)c(Cl)c1. The van der Waals surface area contributed by atoms with E-state index in [1.54, 1.807) is 18.3 Å². The van der Waals surface area contributed by atoms with Crippen molar-refractivity contribution in [2.24, 2.45) is 0 Å². The van der Waals surface area contributed by atoms with Crippen LogP contribution in [0, 0.1) is 6.33 Å². The van der Waals surface area contributed by atoms with E-state index in [0.717, 1.165) is 11.3 Å². The number of hydrogen-bond donors (Lipinski definition) is 1. The van der Waals surface area contributed by atoms with Crippen molar-refractivity contribution in [1.82, 2.24) is 9.97 Å². The number of benzene rings is 1. The van der Waals surface area contributed by atoms with Gasteiger partial charge in [-0.2, -0.15) is 0 Å². The lowest BCUT2D eigenvalue weighted by molar-refractivity contribution is 1.29. The zero-order chi connectivity index (χ0) is 9.26. The number of hydrogen-bond acceptors (Lipinski definition) is 1. The van der Waals surface area contributed by atoms with Crippen LogP contribution in [0.5, 0.6) is 0 Å². The molecule has 0 unspecified atom stereocenters. The van der Waals surface area contributed by atoms with Crippen LogP contribution in [-0.2, 0) is 0 Å². The Labute approximate surface area is 85.5 Å². The maximum atomic E-state index is 5.97. The van der Waals surface area contributed by atoms with Crippen LogP contribution in [0.25, 0.3) is 11.3 Å². The monoisotopic (exact) mass is 211 g/mol. The molecule has 1 aromatic carbocycles. The first kappa shape index (κ1) is 8.60. The third-order valence-corrected chi connectivity index (χ3v) is 2.20. The van der Waals surface area contributed by atoms with E-state index in [0.29, 0.717) is 10.0 Å². The number of halogens is 2. The minimum absolute atomic E-state index is 0.591. The number of nitrogens with one attached hydrogen (secondary N) is 1. The summed E-state index contributed by atoms with van der Waals surface area (Å²) in [6.07, 6.45) is 4.33. The van der Waals surface area contributed by atoms with E-state index in [9.17, 15) is 0 Å². The van der Waals surface area contributed by atoms with Gasteiger partial charge >= 0.3 is 0 Å². The highest BCUT2D eigenvalue weighted by Gasteiger charge is 2.04. The number of aromatic amines is 1. The Hall–Kier alpha value is -0.990. The van der Waals surface area contributed by atoms with E-state index in [1.807, 2.05) is 6.07 Å². The lowest BCUT2D eigenvalue weighted by Crippen LogP contribution is -1.78. The van der Waals surface area contributed by atoms with Crippen molar-refractivity contribution in [2.45, 2.75) is 0 Å². The first-order chi connectivity index (χ1) is 6.27. The first-order valence-corrected chi connectivity index (χ1v) is 4.40. The average molecular weight is 212 g/mol. The highest BCUT2D eigenvalue weighted by Crippen LogP contribution is 2.28. The molecular weight excluding hydrogens is 207 g/mol. The highest BCUT2D eigenvalue weighted by atomic mass is 35.5. The van der Waals surface area contributed by atoms with E-state index >= 15 is 0 Å². The van der Waals surface area contributed by atoms with Crippen molar-refractivity contribution in [2.75, 3.05) is 0 Å². The summed E-state index contributed by atoms with van der Waals surface area (Å²) >= 11 is 11.7. The number of rotatable bonds is 1. The van der Waals surface area contributed by atoms with Crippen LogP contribution in [0.1, 0.15) is 0 Å². The standard InChI is InChI=1S/C9H5Cl2N2/c10-6-1-2-7(8(11)3-6)9-4-12-5-13-9/h1-4H,(H,12,13). The molecule has 0 bridgehead atoms. The molecule has 1 heterocycles. The molecule has 1 radical (unpaired) electrons. The zero-order valence-electron chi connectivity index (χ0n) is 6.51. The molecule has 0 saturated heterocycles. The molecule has 4 heteroatoms. The van der Waals surface area contributed by atoms with Crippen LogP contribution in [-0.4, -0.2) is 9.97 Å². The minimum Gasteiger partial charge on any atom is -0.341 e. The molecule has 2 aromatic rings. The predicted molar refractivity (Wildman–Crippen MR) is 52.9 cm³/mol. The zero-order valence-corrected chi connectivity index (χ0v) is 8.02. The van der Waals surface area contributed by atoms with Crippen molar-refractivity contribution in [3.8, 4) is 11.3 Å². The second-order valence-corrected chi connectivity index (χ2v) is 3.37. The van der Waals surface area contributed by atoms with Crippen LogP contribution in [0.4, 0.5) is 0 Å². The third kappa shape index (κ3) is 1.69. The second-order valence-electron chi connectivity index (χ2n) is 2.52. The Morgan fingerprint density at radius 1 is 1.31 bits per heavy atom. The number of nitrogens with zero attached hydrogens (tertiary/aromatic N) is 1. The molecule has 2 nitrogen and oxygen atoms in total. The van der Waals surface area contributed by atoms with Gasteiger partial charge in [0.2, 0.25) is 0 Å². The lowest BCUT2D eigenvalue weighted by atomic mass is 10.2. The van der Waals surface area contributed by atoms with Crippen molar-refractivity contribution in [3.05, 3.63) is 40.8 Å². The molecule has 0 amide bonds. The van der Waals surface area contributed by atoms with Gasteiger partial charge in [0.25, 0.3) is 0 Å². The Bertz CT molecular complexity index is 410. The number of H-pyrrole nitrogens is 1. The summed E-state index contributed by atoms with van der Waals surface area (Å²) in [7, 11) is 0. The van der Waals surface area contributed by atoms with Crippen LogP contribution in [0.15, 0.2) is 24.4 Å². The molecule has 0 aliphatic carbocycles. The van der Waals surface area contributed by atoms with Crippen molar-refractivity contribution in [3.63, 3.8) is 0 Å². The topological polar surface area (TPSA) is 28.7 Å². The lowest BCUT2D eigenvalue weighted by Gasteiger charge is -1.99. The molecule has 0 aliphatic heterocycles. The van der Waals surface area contributed by atoms with Gasteiger partial charge in [-0.15, -0.1) is 0 Å². The Kier molecular flexibility index (Phi) is 2.25. The van der Waals surface area contributed by atoms with E-state index in [-0.39, 0.29) is 0 Å². The van der Waals surface area contributed by atoms with Crippen molar-refractivity contribution < 1.29 is 0 Å². The molecule has 2 rings (SSSR count). The fourth-order valence-corrected chi connectivity index (χ4v) is 1.57. The molecule has 1 N–H and O–H groups in total. The second kappa shape index (κ2) is 3.40. The normalized spacial score (nSPS) is 10.3. The molecule has 0 aliphatic rings.